The van der Waals surface area contributed by atoms with Gasteiger partial charge >= 0.3 is 0 Å². The molecule has 1 heterocycles. The van der Waals surface area contributed by atoms with E-state index in [2.05, 4.69) is 37.8 Å². The molecule has 4 heteroatoms. The summed E-state index contributed by atoms with van der Waals surface area (Å²) in [5.41, 5.74) is 6.30. The molecule has 2 aromatic rings. The minimum absolute atomic E-state index is 0.201. The van der Waals surface area contributed by atoms with E-state index < -0.39 is 0 Å². The number of anilines is 1. The van der Waals surface area contributed by atoms with Gasteiger partial charge in [0.2, 0.25) is 5.91 Å². The molecule has 0 bridgehead atoms. The lowest BCUT2D eigenvalue weighted by atomic mass is 10.0. The highest BCUT2D eigenvalue weighted by Gasteiger charge is 2.23. The van der Waals surface area contributed by atoms with Crippen LogP contribution in [0.2, 0.25) is 0 Å². The zero-order valence-corrected chi connectivity index (χ0v) is 16.2. The highest BCUT2D eigenvalue weighted by Crippen LogP contribution is 2.27. The van der Waals surface area contributed by atoms with Crippen molar-refractivity contribution >= 4 is 11.6 Å². The molecule has 1 fully saturated rings. The molecule has 4 nitrogen and oxygen atoms in total. The molecule has 1 saturated heterocycles. The maximum absolute atomic E-state index is 12.6. The van der Waals surface area contributed by atoms with Gasteiger partial charge in [0.25, 0.3) is 0 Å². The van der Waals surface area contributed by atoms with Crippen molar-refractivity contribution in [2.75, 3.05) is 38.2 Å². The third-order valence-corrected chi connectivity index (χ3v) is 5.10. The van der Waals surface area contributed by atoms with E-state index in [4.69, 9.17) is 4.74 Å². The molecule has 3 rings (SSSR count). The molecule has 1 amide bonds. The van der Waals surface area contributed by atoms with E-state index in [1.54, 1.807) is 7.11 Å². The van der Waals surface area contributed by atoms with Crippen LogP contribution in [0, 0.1) is 20.8 Å². The standard InChI is InChI=1S/C22H28N2O2/c1-16-13-17(2)22(18(3)14-16)24-11-9-23(10-12-24)21(25)15-19-5-7-20(26-4)8-6-19/h5-8,13-14H,9-12,15H2,1-4H3. The van der Waals surface area contributed by atoms with Gasteiger partial charge in [0.05, 0.1) is 13.5 Å². The number of ether oxygens (including phenoxy) is 1. The predicted molar refractivity (Wildman–Crippen MR) is 106 cm³/mol. The molecular weight excluding hydrogens is 324 g/mol. The highest BCUT2D eigenvalue weighted by atomic mass is 16.5. The van der Waals surface area contributed by atoms with Crippen LogP contribution in [0.1, 0.15) is 22.3 Å². The number of carbonyl (C=O) groups is 1. The van der Waals surface area contributed by atoms with Crippen molar-refractivity contribution in [3.8, 4) is 5.75 Å². The van der Waals surface area contributed by atoms with E-state index in [-0.39, 0.29) is 5.91 Å². The van der Waals surface area contributed by atoms with Crippen LogP contribution >= 0.6 is 0 Å². The Kier molecular flexibility index (Phi) is 5.50. The average Bonchev–Trinajstić information content (AvgIpc) is 2.62. The van der Waals surface area contributed by atoms with Gasteiger partial charge in [-0.3, -0.25) is 4.79 Å². The van der Waals surface area contributed by atoms with Gasteiger partial charge in [-0.25, -0.2) is 0 Å². The van der Waals surface area contributed by atoms with Crippen molar-refractivity contribution in [1.29, 1.82) is 0 Å². The monoisotopic (exact) mass is 352 g/mol. The Bertz CT molecular complexity index is 752. The van der Waals surface area contributed by atoms with Crippen molar-refractivity contribution in [2.45, 2.75) is 27.2 Å². The zero-order chi connectivity index (χ0) is 18.7. The smallest absolute Gasteiger partial charge is 0.227 e. The number of methoxy groups -OCH3 is 1. The second-order valence-corrected chi connectivity index (χ2v) is 7.14. The molecular formula is C22H28N2O2. The van der Waals surface area contributed by atoms with E-state index in [9.17, 15) is 4.79 Å². The first kappa shape index (κ1) is 18.3. The molecule has 0 spiro atoms. The third kappa shape index (κ3) is 4.01. The Morgan fingerprint density at radius 2 is 1.54 bits per heavy atom. The summed E-state index contributed by atoms with van der Waals surface area (Å²) in [6.07, 6.45) is 0.451. The van der Waals surface area contributed by atoms with Gasteiger partial charge in [-0.05, 0) is 49.6 Å². The molecule has 0 aliphatic carbocycles. The SMILES string of the molecule is COc1ccc(CC(=O)N2CCN(c3c(C)cc(C)cc3C)CC2)cc1. The molecule has 0 unspecified atom stereocenters. The van der Waals surface area contributed by atoms with Gasteiger partial charge in [-0.2, -0.15) is 0 Å². The van der Waals surface area contributed by atoms with Crippen LogP contribution < -0.4 is 9.64 Å². The first-order valence-corrected chi connectivity index (χ1v) is 9.21. The second kappa shape index (κ2) is 7.81. The molecule has 0 atom stereocenters. The fourth-order valence-corrected chi connectivity index (χ4v) is 3.88. The largest absolute Gasteiger partial charge is 0.497 e. The number of piperazine rings is 1. The Morgan fingerprint density at radius 3 is 2.08 bits per heavy atom. The van der Waals surface area contributed by atoms with Gasteiger partial charge in [-0.1, -0.05) is 29.8 Å². The Balaban J connectivity index is 1.60. The fraction of sp³-hybridized carbons (Fsp3) is 0.409. The summed E-state index contributed by atoms with van der Waals surface area (Å²) < 4.78 is 5.17. The lowest BCUT2D eigenvalue weighted by Gasteiger charge is -2.37. The van der Waals surface area contributed by atoms with Crippen LogP contribution in [0.4, 0.5) is 5.69 Å². The van der Waals surface area contributed by atoms with Crippen LogP contribution in [0.25, 0.3) is 0 Å². The summed E-state index contributed by atoms with van der Waals surface area (Å²) in [7, 11) is 1.65. The molecule has 138 valence electrons. The average molecular weight is 352 g/mol. The van der Waals surface area contributed by atoms with E-state index in [0.29, 0.717) is 6.42 Å². The minimum atomic E-state index is 0.201. The number of rotatable bonds is 4. The first-order chi connectivity index (χ1) is 12.5. The first-order valence-electron chi connectivity index (χ1n) is 9.21. The maximum atomic E-state index is 12.6. The van der Waals surface area contributed by atoms with E-state index in [0.717, 1.165) is 37.5 Å². The molecule has 0 aromatic heterocycles. The van der Waals surface area contributed by atoms with Crippen molar-refractivity contribution < 1.29 is 9.53 Å². The molecule has 0 N–H and O–H groups in total. The summed E-state index contributed by atoms with van der Waals surface area (Å²) in [5, 5.41) is 0. The van der Waals surface area contributed by atoms with Crippen LogP contribution in [-0.2, 0) is 11.2 Å². The predicted octanol–water partition coefficient (Wildman–Crippen LogP) is 3.51. The van der Waals surface area contributed by atoms with Crippen LogP contribution in [0.3, 0.4) is 0 Å². The fourth-order valence-electron chi connectivity index (χ4n) is 3.88. The summed E-state index contributed by atoms with van der Waals surface area (Å²) in [4.78, 5) is 17.0. The molecule has 0 radical (unpaired) electrons. The van der Waals surface area contributed by atoms with Crippen LogP contribution in [-0.4, -0.2) is 44.1 Å². The highest BCUT2D eigenvalue weighted by molar-refractivity contribution is 5.79. The molecule has 1 aliphatic heterocycles. The van der Waals surface area contributed by atoms with E-state index in [1.165, 1.54) is 22.4 Å². The lowest BCUT2D eigenvalue weighted by molar-refractivity contribution is -0.130. The Morgan fingerprint density at radius 1 is 0.962 bits per heavy atom. The number of nitrogens with zero attached hydrogens (tertiary/aromatic N) is 2. The summed E-state index contributed by atoms with van der Waals surface area (Å²) in [5.74, 6) is 1.02. The van der Waals surface area contributed by atoms with Gasteiger partial charge in [-0.15, -0.1) is 0 Å². The minimum Gasteiger partial charge on any atom is -0.497 e. The normalized spacial score (nSPS) is 14.5. The van der Waals surface area contributed by atoms with E-state index >= 15 is 0 Å². The van der Waals surface area contributed by atoms with Gasteiger partial charge < -0.3 is 14.5 Å². The summed E-state index contributed by atoms with van der Waals surface area (Å²) >= 11 is 0. The topological polar surface area (TPSA) is 32.8 Å². The molecule has 26 heavy (non-hydrogen) atoms. The number of hydrogen-bond donors (Lipinski definition) is 0. The van der Waals surface area contributed by atoms with Crippen molar-refractivity contribution in [3.63, 3.8) is 0 Å². The number of aryl methyl sites for hydroxylation is 3. The third-order valence-electron chi connectivity index (χ3n) is 5.10. The van der Waals surface area contributed by atoms with Gasteiger partial charge in [0.1, 0.15) is 5.75 Å². The van der Waals surface area contributed by atoms with Gasteiger partial charge in [0, 0.05) is 31.9 Å². The summed E-state index contributed by atoms with van der Waals surface area (Å²) in [6.45, 7) is 9.83. The zero-order valence-electron chi connectivity index (χ0n) is 16.2. The Labute approximate surface area is 156 Å². The second-order valence-electron chi connectivity index (χ2n) is 7.14. The van der Waals surface area contributed by atoms with Gasteiger partial charge in [0.15, 0.2) is 0 Å². The summed E-state index contributed by atoms with van der Waals surface area (Å²) in [6, 6.07) is 12.2. The van der Waals surface area contributed by atoms with Crippen LogP contribution in [0.5, 0.6) is 5.75 Å². The maximum Gasteiger partial charge on any atom is 0.227 e. The van der Waals surface area contributed by atoms with Crippen molar-refractivity contribution in [2.24, 2.45) is 0 Å². The number of benzene rings is 2. The number of hydrogen-bond acceptors (Lipinski definition) is 3. The quantitative estimate of drug-likeness (QED) is 0.844. The lowest BCUT2D eigenvalue weighted by Crippen LogP contribution is -2.49. The van der Waals surface area contributed by atoms with E-state index in [1.807, 2.05) is 29.2 Å². The molecule has 0 saturated carbocycles. The number of carbonyl (C=O) groups excluding carboxylic acids is 1. The van der Waals surface area contributed by atoms with Crippen molar-refractivity contribution in [3.05, 3.63) is 58.7 Å². The number of amides is 1. The van der Waals surface area contributed by atoms with Crippen LogP contribution in [0.15, 0.2) is 36.4 Å². The van der Waals surface area contributed by atoms with Crippen molar-refractivity contribution in [1.82, 2.24) is 4.90 Å². The Hall–Kier alpha value is -2.49. The molecule has 2 aromatic carbocycles. The molecule has 1 aliphatic rings.